The van der Waals surface area contributed by atoms with Crippen molar-refractivity contribution in [3.05, 3.63) is 29.8 Å². The molecule has 2 rings (SSSR count). The number of thioether (sulfide) groups is 1. The first kappa shape index (κ1) is 16.8. The van der Waals surface area contributed by atoms with E-state index in [1.54, 1.807) is 0 Å². The van der Waals surface area contributed by atoms with Crippen LogP contribution in [0.5, 0.6) is 0 Å². The molecule has 118 valence electrons. The summed E-state index contributed by atoms with van der Waals surface area (Å²) in [5.74, 6) is -0.0351. The van der Waals surface area contributed by atoms with Gasteiger partial charge in [0.05, 0.1) is 5.25 Å². The SMILES string of the molecule is CCCNc1nnc(S[C@@H](C)C(=O)Nc2ccc(C)cc2)s1. The highest BCUT2D eigenvalue weighted by atomic mass is 32.2. The second-order valence-corrected chi connectivity index (χ2v) is 7.48. The summed E-state index contributed by atoms with van der Waals surface area (Å²) >= 11 is 2.90. The Morgan fingerprint density at radius 1 is 1.32 bits per heavy atom. The maximum atomic E-state index is 12.2. The Morgan fingerprint density at radius 3 is 2.73 bits per heavy atom. The van der Waals surface area contributed by atoms with Crippen molar-refractivity contribution in [3.63, 3.8) is 0 Å². The smallest absolute Gasteiger partial charge is 0.237 e. The van der Waals surface area contributed by atoms with Gasteiger partial charge in [0.15, 0.2) is 4.34 Å². The van der Waals surface area contributed by atoms with E-state index in [-0.39, 0.29) is 11.2 Å². The van der Waals surface area contributed by atoms with E-state index in [9.17, 15) is 4.79 Å². The zero-order valence-corrected chi connectivity index (χ0v) is 14.6. The highest BCUT2D eigenvalue weighted by Crippen LogP contribution is 2.29. The fourth-order valence-electron chi connectivity index (χ4n) is 1.65. The first-order valence-corrected chi connectivity index (χ1v) is 8.89. The lowest BCUT2D eigenvalue weighted by molar-refractivity contribution is -0.115. The Morgan fingerprint density at radius 2 is 2.05 bits per heavy atom. The zero-order chi connectivity index (χ0) is 15.9. The Labute approximate surface area is 138 Å². The summed E-state index contributed by atoms with van der Waals surface area (Å²) in [6, 6.07) is 7.76. The van der Waals surface area contributed by atoms with Crippen LogP contribution < -0.4 is 10.6 Å². The minimum absolute atomic E-state index is 0.0351. The molecule has 0 saturated carbocycles. The number of nitrogens with one attached hydrogen (secondary N) is 2. The lowest BCUT2D eigenvalue weighted by Crippen LogP contribution is -2.22. The molecule has 7 heteroatoms. The van der Waals surface area contributed by atoms with Crippen LogP contribution in [0.25, 0.3) is 0 Å². The van der Waals surface area contributed by atoms with E-state index in [1.807, 2.05) is 38.1 Å². The molecule has 1 amide bonds. The quantitative estimate of drug-likeness (QED) is 0.753. The first-order valence-electron chi connectivity index (χ1n) is 7.20. The maximum absolute atomic E-state index is 12.2. The van der Waals surface area contributed by atoms with Crippen molar-refractivity contribution in [1.29, 1.82) is 0 Å². The third-order valence-corrected chi connectivity index (χ3v) is 4.96. The fraction of sp³-hybridized carbons (Fsp3) is 0.400. The van der Waals surface area contributed by atoms with Crippen molar-refractivity contribution in [3.8, 4) is 0 Å². The van der Waals surface area contributed by atoms with Crippen LogP contribution >= 0.6 is 23.1 Å². The van der Waals surface area contributed by atoms with Crippen molar-refractivity contribution in [2.24, 2.45) is 0 Å². The van der Waals surface area contributed by atoms with Crippen LogP contribution in [0.4, 0.5) is 10.8 Å². The van der Waals surface area contributed by atoms with Gasteiger partial charge in [-0.05, 0) is 32.4 Å². The number of aryl methyl sites for hydroxylation is 1. The zero-order valence-electron chi connectivity index (χ0n) is 12.9. The summed E-state index contributed by atoms with van der Waals surface area (Å²) in [6.07, 6.45) is 1.04. The Balaban J connectivity index is 1.87. The Kier molecular flexibility index (Phi) is 6.21. The lowest BCUT2D eigenvalue weighted by Gasteiger charge is -2.10. The standard InChI is InChI=1S/C15H20N4OS2/c1-4-9-16-14-18-19-15(22-14)21-11(3)13(20)17-12-7-5-10(2)6-8-12/h5-8,11H,4,9H2,1-3H3,(H,16,18)(H,17,20)/t11-/m0/s1. The third kappa shape index (κ3) is 4.99. The van der Waals surface area contributed by atoms with Crippen LogP contribution in [0.15, 0.2) is 28.6 Å². The van der Waals surface area contributed by atoms with E-state index in [0.29, 0.717) is 0 Å². The van der Waals surface area contributed by atoms with Crippen molar-refractivity contribution in [2.75, 3.05) is 17.2 Å². The number of anilines is 2. The van der Waals surface area contributed by atoms with Gasteiger partial charge < -0.3 is 10.6 Å². The molecule has 0 aliphatic heterocycles. The van der Waals surface area contributed by atoms with Gasteiger partial charge in [-0.15, -0.1) is 10.2 Å². The van der Waals surface area contributed by atoms with Gasteiger partial charge in [-0.1, -0.05) is 47.7 Å². The van der Waals surface area contributed by atoms with E-state index in [2.05, 4.69) is 27.8 Å². The van der Waals surface area contributed by atoms with Gasteiger partial charge in [0.25, 0.3) is 0 Å². The van der Waals surface area contributed by atoms with Gasteiger partial charge in [0.2, 0.25) is 11.0 Å². The van der Waals surface area contributed by atoms with Crippen molar-refractivity contribution in [1.82, 2.24) is 10.2 Å². The topological polar surface area (TPSA) is 66.9 Å². The average molecular weight is 336 g/mol. The molecule has 1 aromatic carbocycles. The summed E-state index contributed by atoms with van der Waals surface area (Å²) in [7, 11) is 0. The van der Waals surface area contributed by atoms with E-state index < -0.39 is 0 Å². The minimum Gasteiger partial charge on any atom is -0.360 e. The van der Waals surface area contributed by atoms with Crippen LogP contribution in [0.2, 0.25) is 0 Å². The second-order valence-electron chi connectivity index (χ2n) is 4.92. The lowest BCUT2D eigenvalue weighted by atomic mass is 10.2. The van der Waals surface area contributed by atoms with Crippen LogP contribution in [0, 0.1) is 6.92 Å². The number of amides is 1. The predicted molar refractivity (Wildman–Crippen MR) is 93.8 cm³/mol. The molecular weight excluding hydrogens is 316 g/mol. The van der Waals surface area contributed by atoms with E-state index in [0.717, 1.165) is 28.1 Å². The normalized spacial score (nSPS) is 12.0. The number of carbonyl (C=O) groups is 1. The molecule has 0 unspecified atom stereocenters. The van der Waals surface area contributed by atoms with Crippen molar-refractivity contribution >= 4 is 39.8 Å². The number of carbonyl (C=O) groups excluding carboxylic acids is 1. The number of hydrogen-bond acceptors (Lipinski definition) is 6. The Hall–Kier alpha value is -1.60. The molecule has 1 heterocycles. The van der Waals surface area contributed by atoms with Crippen LogP contribution in [0.1, 0.15) is 25.8 Å². The van der Waals surface area contributed by atoms with Crippen LogP contribution in [-0.2, 0) is 4.79 Å². The Bertz CT molecular complexity index is 612. The highest BCUT2D eigenvalue weighted by molar-refractivity contribution is 8.02. The van der Waals surface area contributed by atoms with Gasteiger partial charge in [-0.25, -0.2) is 0 Å². The van der Waals surface area contributed by atoms with Gasteiger partial charge in [-0.2, -0.15) is 0 Å². The minimum atomic E-state index is -0.228. The van der Waals surface area contributed by atoms with Crippen molar-refractivity contribution in [2.45, 2.75) is 36.8 Å². The summed E-state index contributed by atoms with van der Waals surface area (Å²) in [5, 5.41) is 14.8. The fourth-order valence-corrected chi connectivity index (χ4v) is 3.57. The highest BCUT2D eigenvalue weighted by Gasteiger charge is 2.17. The molecule has 0 fully saturated rings. The average Bonchev–Trinajstić information content (AvgIpc) is 2.95. The molecule has 0 saturated heterocycles. The third-order valence-electron chi connectivity index (χ3n) is 2.90. The van der Waals surface area contributed by atoms with Crippen LogP contribution in [-0.4, -0.2) is 27.9 Å². The molecule has 2 aromatic rings. The van der Waals surface area contributed by atoms with E-state index in [4.69, 9.17) is 0 Å². The summed E-state index contributed by atoms with van der Waals surface area (Å²) in [5.41, 5.74) is 1.98. The largest absolute Gasteiger partial charge is 0.360 e. The number of rotatable bonds is 7. The molecule has 0 bridgehead atoms. The molecular formula is C15H20N4OS2. The molecule has 1 atom stereocenters. The maximum Gasteiger partial charge on any atom is 0.237 e. The summed E-state index contributed by atoms with van der Waals surface area (Å²) < 4.78 is 0.796. The monoisotopic (exact) mass is 336 g/mol. The molecule has 22 heavy (non-hydrogen) atoms. The van der Waals surface area contributed by atoms with Gasteiger partial charge in [-0.3, -0.25) is 4.79 Å². The molecule has 5 nitrogen and oxygen atoms in total. The summed E-state index contributed by atoms with van der Waals surface area (Å²) in [6.45, 7) is 6.86. The number of benzene rings is 1. The molecule has 0 spiro atoms. The van der Waals surface area contributed by atoms with E-state index in [1.165, 1.54) is 28.7 Å². The number of aromatic nitrogens is 2. The first-order chi connectivity index (χ1) is 10.6. The van der Waals surface area contributed by atoms with Crippen LogP contribution in [0.3, 0.4) is 0 Å². The van der Waals surface area contributed by atoms with Gasteiger partial charge >= 0.3 is 0 Å². The molecule has 1 aromatic heterocycles. The molecule has 0 radical (unpaired) electrons. The number of nitrogens with zero attached hydrogens (tertiary/aromatic N) is 2. The number of hydrogen-bond donors (Lipinski definition) is 2. The molecule has 0 aliphatic rings. The molecule has 2 N–H and O–H groups in total. The molecule has 0 aliphatic carbocycles. The van der Waals surface area contributed by atoms with Crippen molar-refractivity contribution < 1.29 is 4.79 Å². The predicted octanol–water partition coefficient (Wildman–Crippen LogP) is 3.79. The summed E-state index contributed by atoms with van der Waals surface area (Å²) in [4.78, 5) is 12.2. The van der Waals surface area contributed by atoms with E-state index >= 15 is 0 Å². The van der Waals surface area contributed by atoms with Gasteiger partial charge in [0, 0.05) is 12.2 Å². The second kappa shape index (κ2) is 8.14. The van der Waals surface area contributed by atoms with Gasteiger partial charge in [0.1, 0.15) is 0 Å².